The standard InChI is InChI=1S/C20H22ClN3O3/c1-13(25)11-24-9-8-22-19(12-24)26-16-6-7-18-17(10-16)23-20(27-18)14-2-4-15(21)5-3-14/h2-7,10,13,19,22,25H,8-9,11-12H2,1H3. The number of benzene rings is 2. The number of nitrogens with zero attached hydrogens (tertiary/aromatic N) is 2. The fourth-order valence-corrected chi connectivity index (χ4v) is 3.38. The van der Waals surface area contributed by atoms with Crippen LogP contribution in [-0.2, 0) is 0 Å². The van der Waals surface area contributed by atoms with Crippen molar-refractivity contribution in [2.45, 2.75) is 19.3 Å². The zero-order valence-corrected chi connectivity index (χ0v) is 15.8. The third-order valence-corrected chi connectivity index (χ3v) is 4.73. The maximum absolute atomic E-state index is 9.58. The Labute approximate surface area is 162 Å². The zero-order valence-electron chi connectivity index (χ0n) is 15.1. The maximum Gasteiger partial charge on any atom is 0.227 e. The van der Waals surface area contributed by atoms with Crippen molar-refractivity contribution >= 4 is 22.7 Å². The predicted octanol–water partition coefficient (Wildman–Crippen LogP) is 3.14. The first kappa shape index (κ1) is 18.3. The van der Waals surface area contributed by atoms with Gasteiger partial charge >= 0.3 is 0 Å². The van der Waals surface area contributed by atoms with E-state index in [1.165, 1.54) is 0 Å². The van der Waals surface area contributed by atoms with E-state index in [1.54, 1.807) is 6.92 Å². The number of oxazole rings is 1. The lowest BCUT2D eigenvalue weighted by Crippen LogP contribution is -2.54. The molecule has 2 unspecified atom stereocenters. The average molecular weight is 388 g/mol. The normalized spacial score (nSPS) is 19.3. The van der Waals surface area contributed by atoms with E-state index in [2.05, 4.69) is 15.2 Å². The van der Waals surface area contributed by atoms with Crippen LogP contribution in [0.5, 0.6) is 5.75 Å². The van der Waals surface area contributed by atoms with Crippen LogP contribution in [0.25, 0.3) is 22.6 Å². The van der Waals surface area contributed by atoms with Gasteiger partial charge in [0.1, 0.15) is 11.3 Å². The van der Waals surface area contributed by atoms with E-state index in [1.807, 2.05) is 42.5 Å². The Morgan fingerprint density at radius 1 is 1.33 bits per heavy atom. The van der Waals surface area contributed by atoms with E-state index in [0.717, 1.165) is 36.5 Å². The van der Waals surface area contributed by atoms with Gasteiger partial charge in [0.05, 0.1) is 6.10 Å². The van der Waals surface area contributed by atoms with Gasteiger partial charge in [-0.15, -0.1) is 0 Å². The van der Waals surface area contributed by atoms with Gasteiger partial charge in [-0.1, -0.05) is 11.6 Å². The number of halogens is 1. The molecule has 1 aliphatic rings. The number of aromatic nitrogens is 1. The summed E-state index contributed by atoms with van der Waals surface area (Å²) in [6.07, 6.45) is -0.473. The number of nitrogens with one attached hydrogen (secondary N) is 1. The highest BCUT2D eigenvalue weighted by atomic mass is 35.5. The van der Waals surface area contributed by atoms with Crippen molar-refractivity contribution in [1.82, 2.24) is 15.2 Å². The Balaban J connectivity index is 1.49. The average Bonchev–Trinajstić information content (AvgIpc) is 3.05. The second-order valence-electron chi connectivity index (χ2n) is 6.82. The van der Waals surface area contributed by atoms with Crippen molar-refractivity contribution in [3.05, 3.63) is 47.5 Å². The Kier molecular flexibility index (Phi) is 5.31. The van der Waals surface area contributed by atoms with Crippen LogP contribution in [-0.4, -0.2) is 53.5 Å². The molecule has 7 heteroatoms. The molecule has 2 N–H and O–H groups in total. The molecule has 4 rings (SSSR count). The molecule has 3 aromatic rings. The van der Waals surface area contributed by atoms with Crippen molar-refractivity contribution in [2.24, 2.45) is 0 Å². The number of aliphatic hydroxyl groups is 1. The monoisotopic (exact) mass is 387 g/mol. The molecule has 0 aliphatic carbocycles. The van der Waals surface area contributed by atoms with Crippen molar-refractivity contribution in [3.8, 4) is 17.2 Å². The van der Waals surface area contributed by atoms with E-state index < -0.39 is 0 Å². The van der Waals surface area contributed by atoms with Gasteiger partial charge in [0.15, 0.2) is 11.8 Å². The summed E-state index contributed by atoms with van der Waals surface area (Å²) in [4.78, 5) is 6.76. The quantitative estimate of drug-likeness (QED) is 0.700. The Morgan fingerprint density at radius 2 is 2.15 bits per heavy atom. The van der Waals surface area contributed by atoms with Crippen LogP contribution in [0.4, 0.5) is 0 Å². The molecule has 1 aliphatic heterocycles. The van der Waals surface area contributed by atoms with E-state index >= 15 is 0 Å². The summed E-state index contributed by atoms with van der Waals surface area (Å²) in [5.74, 6) is 1.28. The van der Waals surface area contributed by atoms with Crippen LogP contribution in [0.2, 0.25) is 5.02 Å². The molecule has 142 valence electrons. The molecule has 0 spiro atoms. The summed E-state index contributed by atoms with van der Waals surface area (Å²) in [7, 11) is 0. The highest BCUT2D eigenvalue weighted by Gasteiger charge is 2.21. The summed E-state index contributed by atoms with van der Waals surface area (Å²) in [5.41, 5.74) is 2.33. The number of hydrogen-bond acceptors (Lipinski definition) is 6. The van der Waals surface area contributed by atoms with Crippen molar-refractivity contribution < 1.29 is 14.3 Å². The highest BCUT2D eigenvalue weighted by Crippen LogP contribution is 2.28. The Morgan fingerprint density at radius 3 is 2.93 bits per heavy atom. The molecule has 27 heavy (non-hydrogen) atoms. The summed E-state index contributed by atoms with van der Waals surface area (Å²) in [6.45, 7) is 4.89. The summed E-state index contributed by atoms with van der Waals surface area (Å²) >= 11 is 5.94. The zero-order chi connectivity index (χ0) is 18.8. The highest BCUT2D eigenvalue weighted by molar-refractivity contribution is 6.30. The largest absolute Gasteiger partial charge is 0.474 e. The van der Waals surface area contributed by atoms with E-state index in [-0.39, 0.29) is 12.3 Å². The van der Waals surface area contributed by atoms with E-state index in [4.69, 9.17) is 20.8 Å². The number of fused-ring (bicyclic) bond motifs is 1. The minimum atomic E-state index is -0.346. The molecule has 1 aromatic heterocycles. The Hall–Kier alpha value is -2.12. The summed E-state index contributed by atoms with van der Waals surface area (Å²) in [5, 5.41) is 13.6. The molecular weight excluding hydrogens is 366 g/mol. The van der Waals surface area contributed by atoms with Gasteiger partial charge in [0.2, 0.25) is 5.89 Å². The molecule has 0 bridgehead atoms. The fourth-order valence-electron chi connectivity index (χ4n) is 3.25. The lowest BCUT2D eigenvalue weighted by Gasteiger charge is -2.34. The van der Waals surface area contributed by atoms with Gasteiger partial charge in [-0.3, -0.25) is 10.2 Å². The molecule has 6 nitrogen and oxygen atoms in total. The second-order valence-corrected chi connectivity index (χ2v) is 7.26. The van der Waals surface area contributed by atoms with Gasteiger partial charge in [-0.05, 0) is 43.3 Å². The van der Waals surface area contributed by atoms with Crippen molar-refractivity contribution in [1.29, 1.82) is 0 Å². The molecule has 2 atom stereocenters. The Bertz CT molecular complexity index is 910. The number of hydrogen-bond donors (Lipinski definition) is 2. The fraction of sp³-hybridized carbons (Fsp3) is 0.350. The first-order valence-corrected chi connectivity index (χ1v) is 9.41. The number of rotatable bonds is 5. The summed E-state index contributed by atoms with van der Waals surface area (Å²) in [6, 6.07) is 13.0. The van der Waals surface area contributed by atoms with Crippen LogP contribution in [0.15, 0.2) is 46.9 Å². The topological polar surface area (TPSA) is 70.8 Å². The van der Waals surface area contributed by atoms with Crippen LogP contribution < -0.4 is 10.1 Å². The summed E-state index contributed by atoms with van der Waals surface area (Å²) < 4.78 is 11.9. The molecule has 0 saturated carbocycles. The molecule has 1 fully saturated rings. The van der Waals surface area contributed by atoms with Gasteiger partial charge in [0, 0.05) is 42.8 Å². The van der Waals surface area contributed by atoms with Gasteiger partial charge < -0.3 is 14.3 Å². The lowest BCUT2D eigenvalue weighted by atomic mass is 10.2. The maximum atomic E-state index is 9.58. The van der Waals surface area contributed by atoms with E-state index in [0.29, 0.717) is 23.0 Å². The van der Waals surface area contributed by atoms with Crippen molar-refractivity contribution in [3.63, 3.8) is 0 Å². The molecular formula is C20H22ClN3O3. The number of aliphatic hydroxyl groups excluding tert-OH is 1. The lowest BCUT2D eigenvalue weighted by molar-refractivity contribution is 0.0463. The minimum Gasteiger partial charge on any atom is -0.474 e. The first-order chi connectivity index (χ1) is 13.1. The van der Waals surface area contributed by atoms with Gasteiger partial charge in [-0.25, -0.2) is 4.98 Å². The van der Waals surface area contributed by atoms with E-state index in [9.17, 15) is 5.11 Å². The smallest absolute Gasteiger partial charge is 0.227 e. The minimum absolute atomic E-state index is 0.127. The SMILES string of the molecule is CC(O)CN1CCNC(Oc2ccc3oc(-c4ccc(Cl)cc4)nc3c2)C1. The number of β-amino-alcohol motifs (C(OH)–C–C–N with tert-alkyl or cyclic N) is 1. The van der Waals surface area contributed by atoms with Gasteiger partial charge in [0.25, 0.3) is 0 Å². The van der Waals surface area contributed by atoms with Crippen LogP contribution in [0.1, 0.15) is 6.92 Å². The third-order valence-electron chi connectivity index (χ3n) is 4.48. The van der Waals surface area contributed by atoms with Crippen molar-refractivity contribution in [2.75, 3.05) is 26.2 Å². The third kappa shape index (κ3) is 4.42. The number of piperazine rings is 1. The molecule has 0 radical (unpaired) electrons. The van der Waals surface area contributed by atoms with Gasteiger partial charge in [-0.2, -0.15) is 0 Å². The van der Waals surface area contributed by atoms with Crippen LogP contribution in [0, 0.1) is 0 Å². The predicted molar refractivity (Wildman–Crippen MR) is 105 cm³/mol. The molecule has 0 amide bonds. The number of ether oxygens (including phenoxy) is 1. The van der Waals surface area contributed by atoms with Crippen LogP contribution in [0.3, 0.4) is 0 Å². The van der Waals surface area contributed by atoms with Crippen LogP contribution >= 0.6 is 11.6 Å². The second kappa shape index (κ2) is 7.86. The molecule has 2 heterocycles. The first-order valence-electron chi connectivity index (χ1n) is 9.04. The molecule has 2 aromatic carbocycles. The molecule has 1 saturated heterocycles.